The van der Waals surface area contributed by atoms with E-state index in [0.29, 0.717) is 36.7 Å². The maximum atomic E-state index is 13.1. The molecule has 1 aromatic heterocycles. The van der Waals surface area contributed by atoms with E-state index in [2.05, 4.69) is 15.3 Å². The highest BCUT2D eigenvalue weighted by Gasteiger charge is 2.29. The molecule has 1 fully saturated rings. The van der Waals surface area contributed by atoms with Crippen LogP contribution in [0, 0.1) is 5.82 Å². The van der Waals surface area contributed by atoms with Crippen LogP contribution < -0.4 is 5.32 Å². The average Bonchev–Trinajstić information content (AvgIpc) is 3.14. The van der Waals surface area contributed by atoms with Crippen LogP contribution in [0.3, 0.4) is 0 Å². The van der Waals surface area contributed by atoms with Gasteiger partial charge in [0.15, 0.2) is 0 Å². The molecule has 2 aromatic rings. The molecule has 0 spiro atoms. The molecule has 1 aliphatic heterocycles. The van der Waals surface area contributed by atoms with Gasteiger partial charge >= 0.3 is 0 Å². The SMILES string of the molecule is CCO[C@H]1COC[C@@H]1NC(=O)COCc1nc2ccc(F)cc2[nH]1. The van der Waals surface area contributed by atoms with Gasteiger partial charge in [-0.15, -0.1) is 0 Å². The Bertz CT molecular complexity index is 706. The highest BCUT2D eigenvalue weighted by molar-refractivity contribution is 5.77. The van der Waals surface area contributed by atoms with Crippen molar-refractivity contribution < 1.29 is 23.4 Å². The molecule has 3 rings (SSSR count). The second kappa shape index (κ2) is 7.69. The van der Waals surface area contributed by atoms with Crippen LogP contribution in [0.2, 0.25) is 0 Å². The molecule has 2 atom stereocenters. The van der Waals surface area contributed by atoms with Gasteiger partial charge in [0.25, 0.3) is 0 Å². The van der Waals surface area contributed by atoms with Crippen molar-refractivity contribution in [3.63, 3.8) is 0 Å². The standard InChI is InChI=1S/C16H20FN3O4/c1-2-24-14-7-22-6-13(14)20-16(21)9-23-8-15-18-11-4-3-10(17)5-12(11)19-15/h3-5,13-14H,2,6-9H2,1H3,(H,18,19)(H,20,21)/t13-,14-/m0/s1. The zero-order chi connectivity index (χ0) is 16.9. The molecule has 130 valence electrons. The van der Waals surface area contributed by atoms with Crippen molar-refractivity contribution in [2.75, 3.05) is 26.4 Å². The molecule has 8 heteroatoms. The topological polar surface area (TPSA) is 85.5 Å². The third kappa shape index (κ3) is 4.08. The molecule has 1 saturated heterocycles. The lowest BCUT2D eigenvalue weighted by molar-refractivity contribution is -0.127. The zero-order valence-electron chi connectivity index (χ0n) is 13.4. The molecule has 1 aromatic carbocycles. The van der Waals surface area contributed by atoms with Crippen LogP contribution >= 0.6 is 0 Å². The number of ether oxygens (including phenoxy) is 3. The van der Waals surface area contributed by atoms with Crippen LogP contribution in [-0.2, 0) is 25.6 Å². The van der Waals surface area contributed by atoms with Crippen LogP contribution in [0.25, 0.3) is 11.0 Å². The summed E-state index contributed by atoms with van der Waals surface area (Å²) in [7, 11) is 0. The first-order chi connectivity index (χ1) is 11.7. The van der Waals surface area contributed by atoms with Gasteiger partial charge in [-0.3, -0.25) is 4.79 Å². The van der Waals surface area contributed by atoms with Crippen molar-refractivity contribution in [3.8, 4) is 0 Å². The van der Waals surface area contributed by atoms with E-state index >= 15 is 0 Å². The van der Waals surface area contributed by atoms with E-state index < -0.39 is 0 Å². The minimum absolute atomic E-state index is 0.0965. The number of carbonyl (C=O) groups is 1. The molecule has 0 saturated carbocycles. The largest absolute Gasteiger partial charge is 0.376 e. The van der Waals surface area contributed by atoms with Gasteiger partial charge in [-0.2, -0.15) is 0 Å². The third-order valence-electron chi connectivity index (χ3n) is 3.72. The first kappa shape index (κ1) is 16.8. The second-order valence-corrected chi connectivity index (χ2v) is 5.54. The smallest absolute Gasteiger partial charge is 0.246 e. The van der Waals surface area contributed by atoms with E-state index in [4.69, 9.17) is 14.2 Å². The first-order valence-corrected chi connectivity index (χ1v) is 7.86. The quantitative estimate of drug-likeness (QED) is 0.791. The number of benzene rings is 1. The molecule has 0 radical (unpaired) electrons. The Morgan fingerprint density at radius 2 is 2.38 bits per heavy atom. The number of nitrogens with zero attached hydrogens (tertiary/aromatic N) is 1. The van der Waals surface area contributed by atoms with Gasteiger partial charge < -0.3 is 24.5 Å². The average molecular weight is 337 g/mol. The monoisotopic (exact) mass is 337 g/mol. The van der Waals surface area contributed by atoms with Gasteiger partial charge in [0.2, 0.25) is 5.91 Å². The normalized spacial score (nSPS) is 20.6. The van der Waals surface area contributed by atoms with Crippen molar-refractivity contribution in [2.24, 2.45) is 0 Å². The number of hydrogen-bond acceptors (Lipinski definition) is 5. The van der Waals surface area contributed by atoms with Crippen LogP contribution in [0.15, 0.2) is 18.2 Å². The number of amides is 1. The Morgan fingerprint density at radius 1 is 1.50 bits per heavy atom. The minimum atomic E-state index is -0.333. The molecule has 2 heterocycles. The molecule has 0 bridgehead atoms. The van der Waals surface area contributed by atoms with E-state index in [9.17, 15) is 9.18 Å². The van der Waals surface area contributed by atoms with Gasteiger partial charge in [0.05, 0.1) is 30.3 Å². The lowest BCUT2D eigenvalue weighted by Gasteiger charge is -2.18. The Labute approximate surface area is 138 Å². The summed E-state index contributed by atoms with van der Waals surface area (Å²) >= 11 is 0. The fourth-order valence-electron chi connectivity index (χ4n) is 2.64. The van der Waals surface area contributed by atoms with Gasteiger partial charge in [-0.05, 0) is 25.1 Å². The van der Waals surface area contributed by atoms with Crippen molar-refractivity contribution in [1.29, 1.82) is 0 Å². The van der Waals surface area contributed by atoms with Crippen molar-refractivity contribution in [3.05, 3.63) is 29.8 Å². The summed E-state index contributed by atoms with van der Waals surface area (Å²) in [6.07, 6.45) is -0.121. The number of rotatable bonds is 7. The Kier molecular flexibility index (Phi) is 5.39. The number of halogens is 1. The molecule has 0 unspecified atom stereocenters. The van der Waals surface area contributed by atoms with Crippen LogP contribution in [0.1, 0.15) is 12.7 Å². The molecular weight excluding hydrogens is 317 g/mol. The molecule has 1 amide bonds. The number of aromatic nitrogens is 2. The maximum absolute atomic E-state index is 13.1. The molecule has 24 heavy (non-hydrogen) atoms. The van der Waals surface area contributed by atoms with Gasteiger partial charge in [-0.1, -0.05) is 0 Å². The molecular formula is C16H20FN3O4. The van der Waals surface area contributed by atoms with Crippen molar-refractivity contribution in [1.82, 2.24) is 15.3 Å². The van der Waals surface area contributed by atoms with E-state index in [-0.39, 0.29) is 37.1 Å². The second-order valence-electron chi connectivity index (χ2n) is 5.54. The number of hydrogen-bond donors (Lipinski definition) is 2. The number of fused-ring (bicyclic) bond motifs is 1. The van der Waals surface area contributed by atoms with E-state index in [1.807, 2.05) is 6.92 Å². The Hall–Kier alpha value is -2.03. The van der Waals surface area contributed by atoms with Crippen molar-refractivity contribution >= 4 is 16.9 Å². The van der Waals surface area contributed by atoms with E-state index in [0.717, 1.165) is 0 Å². The molecule has 1 aliphatic rings. The summed E-state index contributed by atoms with van der Waals surface area (Å²) in [5.41, 5.74) is 1.25. The van der Waals surface area contributed by atoms with Crippen LogP contribution in [0.4, 0.5) is 4.39 Å². The minimum Gasteiger partial charge on any atom is -0.376 e. The Balaban J connectivity index is 1.46. The number of H-pyrrole nitrogens is 1. The summed E-state index contributed by atoms with van der Waals surface area (Å²) < 4.78 is 29.3. The van der Waals surface area contributed by atoms with Crippen LogP contribution in [0.5, 0.6) is 0 Å². The first-order valence-electron chi connectivity index (χ1n) is 7.86. The summed E-state index contributed by atoms with van der Waals surface area (Å²) in [5.74, 6) is -0.0298. The molecule has 2 N–H and O–H groups in total. The lowest BCUT2D eigenvalue weighted by Crippen LogP contribution is -2.45. The fraction of sp³-hybridized carbons (Fsp3) is 0.500. The van der Waals surface area contributed by atoms with E-state index in [1.54, 1.807) is 6.07 Å². The van der Waals surface area contributed by atoms with Gasteiger partial charge in [-0.25, -0.2) is 9.37 Å². The highest BCUT2D eigenvalue weighted by atomic mass is 19.1. The highest BCUT2D eigenvalue weighted by Crippen LogP contribution is 2.13. The lowest BCUT2D eigenvalue weighted by atomic mass is 10.2. The third-order valence-corrected chi connectivity index (χ3v) is 3.72. The molecule has 0 aliphatic carbocycles. The maximum Gasteiger partial charge on any atom is 0.246 e. The summed E-state index contributed by atoms with van der Waals surface area (Å²) in [5, 5.41) is 2.84. The predicted octanol–water partition coefficient (Wildman–Crippen LogP) is 1.14. The van der Waals surface area contributed by atoms with Gasteiger partial charge in [0.1, 0.15) is 31.0 Å². The van der Waals surface area contributed by atoms with Crippen molar-refractivity contribution in [2.45, 2.75) is 25.7 Å². The summed E-state index contributed by atoms with van der Waals surface area (Å²) in [6, 6.07) is 4.15. The van der Waals surface area contributed by atoms with Gasteiger partial charge in [0, 0.05) is 6.61 Å². The number of aromatic amines is 1. The Morgan fingerprint density at radius 3 is 3.21 bits per heavy atom. The number of carbonyl (C=O) groups excluding carboxylic acids is 1. The zero-order valence-corrected chi connectivity index (χ0v) is 13.4. The van der Waals surface area contributed by atoms with Crippen LogP contribution in [-0.4, -0.2) is 54.4 Å². The summed E-state index contributed by atoms with van der Waals surface area (Å²) in [6.45, 7) is 3.43. The fourth-order valence-corrected chi connectivity index (χ4v) is 2.64. The number of imidazole rings is 1. The van der Waals surface area contributed by atoms with E-state index in [1.165, 1.54) is 12.1 Å². The summed E-state index contributed by atoms with van der Waals surface area (Å²) in [4.78, 5) is 19.2. The molecule has 7 nitrogen and oxygen atoms in total. The predicted molar refractivity (Wildman–Crippen MR) is 83.9 cm³/mol. The number of nitrogens with one attached hydrogen (secondary N) is 2.